The largest absolute Gasteiger partial charge is 0.278 e. The fourth-order valence-electron chi connectivity index (χ4n) is 4.72. The molecule has 0 fully saturated rings. The average Bonchev–Trinajstić information content (AvgIpc) is 3.69. The molecule has 0 aliphatic carbocycles. The van der Waals surface area contributed by atoms with E-state index in [-0.39, 0.29) is 83.7 Å². The minimum absolute atomic E-state index is 0.00540. The molecule has 0 radical (unpaired) electrons. The number of rotatable bonds is 3. The van der Waals surface area contributed by atoms with Crippen LogP contribution in [-0.4, -0.2) is 19.5 Å². The molecule has 0 N–H and O–H groups in total. The molecule has 0 atom stereocenters. The summed E-state index contributed by atoms with van der Waals surface area (Å²) < 4.78 is 89.5. The molecule has 0 amide bonds. The normalized spacial score (nSPS) is 15.4. The van der Waals surface area contributed by atoms with Crippen molar-refractivity contribution in [1.82, 2.24) is 19.5 Å². The third-order valence-corrected chi connectivity index (χ3v) is 7.39. The molecule has 178 valence electrons. The standard InChI is InChI=1S/C33H20N4S/c1-3-11-21(12-4-1)31-34-32(22-13-5-2-6-14-22)36-33(35-31)37-25-17-9-7-15-23(25)29-26(37)19-20-28-30(29)24-16-8-10-18-27(24)38-28/h1-20H/i7D,8D,9D,10D,15D,16D,17D,18D,19D,20D. The molecule has 0 bridgehead atoms. The molecule has 3 aromatic heterocycles. The molecular formula is C33H20N4S. The second kappa shape index (κ2) is 8.33. The molecule has 0 aliphatic rings. The van der Waals surface area contributed by atoms with Gasteiger partial charge in [-0.05, 0) is 24.2 Å². The molecule has 0 unspecified atom stereocenters. The Morgan fingerprint density at radius 2 is 1.18 bits per heavy atom. The molecule has 8 rings (SSSR count). The molecule has 0 saturated heterocycles. The molecular weight excluding hydrogens is 484 g/mol. The van der Waals surface area contributed by atoms with Gasteiger partial charge in [0.1, 0.15) is 0 Å². The van der Waals surface area contributed by atoms with Crippen LogP contribution in [0.2, 0.25) is 0 Å². The maximum Gasteiger partial charge on any atom is 0.238 e. The van der Waals surface area contributed by atoms with Crippen LogP contribution in [0.4, 0.5) is 0 Å². The van der Waals surface area contributed by atoms with E-state index in [1.165, 1.54) is 4.57 Å². The van der Waals surface area contributed by atoms with E-state index in [4.69, 9.17) is 27.3 Å². The van der Waals surface area contributed by atoms with Crippen molar-refractivity contribution >= 4 is 53.3 Å². The fourth-order valence-corrected chi connectivity index (χ4v) is 5.69. The van der Waals surface area contributed by atoms with Gasteiger partial charge in [-0.2, -0.15) is 9.97 Å². The van der Waals surface area contributed by atoms with E-state index in [0.717, 1.165) is 11.3 Å². The van der Waals surface area contributed by atoms with Gasteiger partial charge in [0.25, 0.3) is 0 Å². The van der Waals surface area contributed by atoms with E-state index >= 15 is 0 Å². The Morgan fingerprint density at radius 1 is 0.553 bits per heavy atom. The summed E-state index contributed by atoms with van der Waals surface area (Å²) in [5.74, 6) is 0.481. The fraction of sp³-hybridized carbons (Fsp3) is 0. The number of hydrogen-bond acceptors (Lipinski definition) is 4. The maximum absolute atomic E-state index is 9.29. The second-order valence-electron chi connectivity index (χ2n) is 8.56. The molecule has 4 nitrogen and oxygen atoms in total. The van der Waals surface area contributed by atoms with Gasteiger partial charge in [0.05, 0.1) is 24.7 Å². The van der Waals surface area contributed by atoms with Gasteiger partial charge < -0.3 is 0 Å². The van der Waals surface area contributed by atoms with Crippen molar-refractivity contribution in [3.05, 3.63) is 121 Å². The quantitative estimate of drug-likeness (QED) is 0.237. The highest BCUT2D eigenvalue weighted by atomic mass is 32.1. The minimum Gasteiger partial charge on any atom is -0.278 e. The second-order valence-corrected chi connectivity index (χ2v) is 9.58. The number of hydrogen-bond donors (Lipinski definition) is 0. The van der Waals surface area contributed by atoms with Crippen LogP contribution in [0.3, 0.4) is 0 Å². The number of nitrogens with zero attached hydrogens (tertiary/aromatic N) is 4. The van der Waals surface area contributed by atoms with E-state index < -0.39 is 36.3 Å². The first-order valence-corrected chi connectivity index (χ1v) is 12.6. The number of para-hydroxylation sites is 1. The summed E-state index contributed by atoms with van der Waals surface area (Å²) in [5.41, 5.74) is 1.26. The van der Waals surface area contributed by atoms with Crippen molar-refractivity contribution in [2.75, 3.05) is 0 Å². The van der Waals surface area contributed by atoms with Crippen LogP contribution < -0.4 is 0 Å². The highest BCUT2D eigenvalue weighted by Gasteiger charge is 2.20. The van der Waals surface area contributed by atoms with Gasteiger partial charge in [0.2, 0.25) is 5.95 Å². The number of aromatic nitrogens is 4. The van der Waals surface area contributed by atoms with Crippen molar-refractivity contribution in [1.29, 1.82) is 0 Å². The van der Waals surface area contributed by atoms with Crippen LogP contribution >= 0.6 is 11.3 Å². The Morgan fingerprint density at radius 3 is 1.89 bits per heavy atom. The summed E-state index contributed by atoms with van der Waals surface area (Å²) >= 11 is 0.951. The highest BCUT2D eigenvalue weighted by Crippen LogP contribution is 2.43. The zero-order valence-electron chi connectivity index (χ0n) is 29.5. The van der Waals surface area contributed by atoms with Crippen LogP contribution in [0.1, 0.15) is 13.7 Å². The number of fused-ring (bicyclic) bond motifs is 7. The Bertz CT molecular complexity index is 2620. The van der Waals surface area contributed by atoms with Crippen LogP contribution in [0, 0.1) is 0 Å². The number of benzene rings is 5. The van der Waals surface area contributed by atoms with E-state index in [1.807, 2.05) is 60.7 Å². The van der Waals surface area contributed by atoms with E-state index in [0.29, 0.717) is 11.1 Å². The third kappa shape index (κ3) is 3.19. The lowest BCUT2D eigenvalue weighted by molar-refractivity contribution is 0.953. The van der Waals surface area contributed by atoms with Crippen molar-refractivity contribution in [2.24, 2.45) is 0 Å². The van der Waals surface area contributed by atoms with Crippen LogP contribution in [0.25, 0.3) is 70.7 Å². The summed E-state index contributed by atoms with van der Waals surface area (Å²) in [6.45, 7) is 0. The highest BCUT2D eigenvalue weighted by molar-refractivity contribution is 7.26. The van der Waals surface area contributed by atoms with Crippen molar-refractivity contribution < 1.29 is 13.7 Å². The lowest BCUT2D eigenvalue weighted by Crippen LogP contribution is -2.06. The maximum atomic E-state index is 9.29. The van der Waals surface area contributed by atoms with Crippen LogP contribution in [0.15, 0.2) is 121 Å². The molecule has 5 heteroatoms. The topological polar surface area (TPSA) is 43.6 Å². The minimum atomic E-state index is -0.525. The van der Waals surface area contributed by atoms with E-state index in [2.05, 4.69) is 0 Å². The summed E-state index contributed by atoms with van der Waals surface area (Å²) in [5, 5.41) is 0.473. The van der Waals surface area contributed by atoms with Gasteiger partial charge in [0.15, 0.2) is 11.6 Å². The zero-order chi connectivity index (χ0) is 33.8. The van der Waals surface area contributed by atoms with Gasteiger partial charge in [-0.25, -0.2) is 4.98 Å². The Labute approximate surface area is 236 Å². The predicted molar refractivity (Wildman–Crippen MR) is 158 cm³/mol. The summed E-state index contributed by atoms with van der Waals surface area (Å²) in [7, 11) is 0. The smallest absolute Gasteiger partial charge is 0.238 e. The molecule has 8 aromatic rings. The van der Waals surface area contributed by atoms with Gasteiger partial charge in [-0.1, -0.05) is 96.9 Å². The molecule has 0 saturated carbocycles. The molecule has 38 heavy (non-hydrogen) atoms. The van der Waals surface area contributed by atoms with Gasteiger partial charge in [-0.3, -0.25) is 4.57 Å². The van der Waals surface area contributed by atoms with E-state index in [1.54, 1.807) is 0 Å². The van der Waals surface area contributed by atoms with Crippen molar-refractivity contribution in [3.8, 4) is 28.7 Å². The SMILES string of the molecule is [2H]c1c([2H])c([2H])c2c(sc3c([2H])c([2H])c4c(c5c([2H])c([2H])c([2H])c([2H])c5n4-c4nc(-c5ccccc5)nc(-c5ccccc5)n4)c32)c1[2H]. The van der Waals surface area contributed by atoms with Gasteiger partial charge in [-0.15, -0.1) is 11.3 Å². The average molecular weight is 515 g/mol. The first-order valence-electron chi connectivity index (χ1n) is 16.7. The lowest BCUT2D eigenvalue weighted by Gasteiger charge is -2.10. The summed E-state index contributed by atoms with van der Waals surface area (Å²) in [6, 6.07) is 14.2. The van der Waals surface area contributed by atoms with E-state index in [9.17, 15) is 1.37 Å². The molecule has 5 aromatic carbocycles. The third-order valence-electron chi connectivity index (χ3n) is 6.37. The summed E-state index contributed by atoms with van der Waals surface area (Å²) in [6.07, 6.45) is 0. The first kappa shape index (κ1) is 13.6. The summed E-state index contributed by atoms with van der Waals surface area (Å²) in [4.78, 5) is 14.3. The van der Waals surface area contributed by atoms with Gasteiger partial charge >= 0.3 is 0 Å². The predicted octanol–water partition coefficient (Wildman–Crippen LogP) is 8.67. The Kier molecular flexibility index (Phi) is 2.98. The lowest BCUT2D eigenvalue weighted by atomic mass is 10.1. The van der Waals surface area contributed by atoms with Crippen LogP contribution in [-0.2, 0) is 0 Å². The Hall–Kier alpha value is -4.87. The molecule has 3 heterocycles. The Balaban J connectivity index is 1.66. The van der Waals surface area contributed by atoms with Crippen molar-refractivity contribution in [3.63, 3.8) is 0 Å². The monoisotopic (exact) mass is 514 g/mol. The van der Waals surface area contributed by atoms with Crippen LogP contribution in [0.5, 0.6) is 0 Å². The van der Waals surface area contributed by atoms with Crippen molar-refractivity contribution in [2.45, 2.75) is 0 Å². The molecule has 0 aliphatic heterocycles. The first-order chi connectivity index (χ1) is 23.0. The number of thiophene rings is 1. The molecule has 0 spiro atoms. The zero-order valence-corrected chi connectivity index (χ0v) is 20.3. The van der Waals surface area contributed by atoms with Gasteiger partial charge in [0, 0.05) is 42.1 Å².